The van der Waals surface area contributed by atoms with Gasteiger partial charge in [0, 0.05) is 49.9 Å². The number of ether oxygens (including phenoxy) is 2. The number of amides is 2. The van der Waals surface area contributed by atoms with Crippen LogP contribution in [0.25, 0.3) is 0 Å². The molecule has 3 rings (SSSR count). The van der Waals surface area contributed by atoms with Gasteiger partial charge in [0.25, 0.3) is 5.69 Å². The first-order valence-corrected chi connectivity index (χ1v) is 9.72. The number of hydrogen-bond acceptors (Lipinski definition) is 6. The minimum Gasteiger partial charge on any atom is -0.497 e. The van der Waals surface area contributed by atoms with E-state index < -0.39 is 4.92 Å². The van der Waals surface area contributed by atoms with Gasteiger partial charge in [-0.3, -0.25) is 10.1 Å². The highest BCUT2D eigenvalue weighted by Crippen LogP contribution is 2.31. The number of anilines is 1. The molecule has 2 amide bonds. The van der Waals surface area contributed by atoms with Gasteiger partial charge in [-0.1, -0.05) is 11.6 Å². The van der Waals surface area contributed by atoms with Crippen molar-refractivity contribution in [1.29, 1.82) is 0 Å². The SMILES string of the molecule is COc1cc(CNC(=O)N2CCN(c3ccc(Cl)cc3[N+](=O)[O-])CC2)cc(OC)c1. The third-order valence-corrected chi connectivity index (χ3v) is 5.13. The summed E-state index contributed by atoms with van der Waals surface area (Å²) in [7, 11) is 3.14. The van der Waals surface area contributed by atoms with Crippen molar-refractivity contribution in [2.45, 2.75) is 6.54 Å². The number of carbonyl (C=O) groups is 1. The van der Waals surface area contributed by atoms with Crippen LogP contribution in [-0.2, 0) is 6.54 Å². The van der Waals surface area contributed by atoms with Crippen LogP contribution in [-0.4, -0.2) is 56.3 Å². The summed E-state index contributed by atoms with van der Waals surface area (Å²) in [6.45, 7) is 2.21. The van der Waals surface area contributed by atoms with Crippen LogP contribution in [0.3, 0.4) is 0 Å². The van der Waals surface area contributed by atoms with E-state index in [1.807, 2.05) is 17.0 Å². The largest absolute Gasteiger partial charge is 0.497 e. The Morgan fingerprint density at radius 1 is 1.10 bits per heavy atom. The van der Waals surface area contributed by atoms with E-state index in [-0.39, 0.29) is 11.7 Å². The van der Waals surface area contributed by atoms with Crippen molar-refractivity contribution in [2.75, 3.05) is 45.3 Å². The van der Waals surface area contributed by atoms with E-state index in [4.69, 9.17) is 21.1 Å². The van der Waals surface area contributed by atoms with Crippen molar-refractivity contribution in [3.05, 3.63) is 57.1 Å². The second-order valence-corrected chi connectivity index (χ2v) is 7.18. The summed E-state index contributed by atoms with van der Waals surface area (Å²) in [6, 6.07) is 9.86. The monoisotopic (exact) mass is 434 g/mol. The molecule has 1 fully saturated rings. The highest BCUT2D eigenvalue weighted by molar-refractivity contribution is 6.30. The molecular formula is C20H23ClN4O5. The lowest BCUT2D eigenvalue weighted by Crippen LogP contribution is -2.51. The van der Waals surface area contributed by atoms with E-state index in [0.29, 0.717) is 54.9 Å². The highest BCUT2D eigenvalue weighted by Gasteiger charge is 2.26. The van der Waals surface area contributed by atoms with E-state index >= 15 is 0 Å². The van der Waals surface area contributed by atoms with Crippen molar-refractivity contribution in [1.82, 2.24) is 10.2 Å². The number of nitro benzene ring substituents is 1. The average Bonchev–Trinajstić information content (AvgIpc) is 2.77. The summed E-state index contributed by atoms with van der Waals surface area (Å²) in [4.78, 5) is 27.0. The average molecular weight is 435 g/mol. The molecule has 0 aromatic heterocycles. The molecule has 0 radical (unpaired) electrons. The molecule has 1 heterocycles. The third kappa shape index (κ3) is 5.04. The quantitative estimate of drug-likeness (QED) is 0.553. The Balaban J connectivity index is 1.58. The van der Waals surface area contributed by atoms with E-state index in [1.54, 1.807) is 37.3 Å². The number of nitrogens with zero attached hydrogens (tertiary/aromatic N) is 3. The predicted molar refractivity (Wildman–Crippen MR) is 114 cm³/mol. The Morgan fingerprint density at radius 2 is 1.73 bits per heavy atom. The lowest BCUT2D eigenvalue weighted by molar-refractivity contribution is -0.384. The number of nitro groups is 1. The molecule has 2 aromatic carbocycles. The lowest BCUT2D eigenvalue weighted by atomic mass is 10.2. The van der Waals surface area contributed by atoms with Crippen LogP contribution < -0.4 is 19.7 Å². The maximum Gasteiger partial charge on any atom is 0.317 e. The maximum atomic E-state index is 12.6. The maximum absolute atomic E-state index is 12.6. The number of halogens is 1. The zero-order chi connectivity index (χ0) is 21.7. The number of nitrogens with one attached hydrogen (secondary N) is 1. The molecule has 9 nitrogen and oxygen atoms in total. The molecular weight excluding hydrogens is 412 g/mol. The van der Waals surface area contributed by atoms with Crippen LogP contribution in [0.2, 0.25) is 5.02 Å². The fourth-order valence-corrected chi connectivity index (χ4v) is 3.48. The zero-order valence-corrected chi connectivity index (χ0v) is 17.5. The fourth-order valence-electron chi connectivity index (χ4n) is 3.32. The van der Waals surface area contributed by atoms with Crippen LogP contribution in [0.5, 0.6) is 11.5 Å². The van der Waals surface area contributed by atoms with Crippen molar-refractivity contribution in [2.24, 2.45) is 0 Å². The van der Waals surface area contributed by atoms with Gasteiger partial charge < -0.3 is 24.6 Å². The molecule has 0 spiro atoms. The number of hydrogen-bond donors (Lipinski definition) is 1. The lowest BCUT2D eigenvalue weighted by Gasteiger charge is -2.35. The molecule has 0 unspecified atom stereocenters. The van der Waals surface area contributed by atoms with Gasteiger partial charge in [-0.25, -0.2) is 4.79 Å². The van der Waals surface area contributed by atoms with E-state index in [9.17, 15) is 14.9 Å². The first-order valence-electron chi connectivity index (χ1n) is 9.35. The van der Waals surface area contributed by atoms with Crippen LogP contribution in [0.1, 0.15) is 5.56 Å². The Labute approximate surface area is 179 Å². The first kappa shape index (κ1) is 21.5. The molecule has 1 N–H and O–H groups in total. The number of rotatable bonds is 6. The van der Waals surface area contributed by atoms with Gasteiger partial charge in [-0.15, -0.1) is 0 Å². The van der Waals surface area contributed by atoms with Crippen molar-refractivity contribution in [3.8, 4) is 11.5 Å². The highest BCUT2D eigenvalue weighted by atomic mass is 35.5. The van der Waals surface area contributed by atoms with Gasteiger partial charge in [-0.05, 0) is 29.8 Å². The fraction of sp³-hybridized carbons (Fsp3) is 0.350. The van der Waals surface area contributed by atoms with Gasteiger partial charge in [0.1, 0.15) is 17.2 Å². The van der Waals surface area contributed by atoms with Gasteiger partial charge in [0.05, 0.1) is 19.1 Å². The van der Waals surface area contributed by atoms with Crippen LogP contribution in [0.15, 0.2) is 36.4 Å². The Hall–Kier alpha value is -3.20. The van der Waals surface area contributed by atoms with Gasteiger partial charge >= 0.3 is 6.03 Å². The third-order valence-electron chi connectivity index (χ3n) is 4.90. The molecule has 1 aliphatic rings. The summed E-state index contributed by atoms with van der Waals surface area (Å²) in [5.41, 5.74) is 1.33. The molecule has 0 saturated carbocycles. The molecule has 1 saturated heterocycles. The van der Waals surface area contributed by atoms with Crippen molar-refractivity contribution < 1.29 is 19.2 Å². The normalized spacial score (nSPS) is 13.7. The number of methoxy groups -OCH3 is 2. The molecule has 0 atom stereocenters. The van der Waals surface area contributed by atoms with Crippen LogP contribution in [0, 0.1) is 10.1 Å². The van der Waals surface area contributed by atoms with Crippen LogP contribution >= 0.6 is 11.6 Å². The van der Waals surface area contributed by atoms with Crippen LogP contribution in [0.4, 0.5) is 16.2 Å². The molecule has 0 bridgehead atoms. The Bertz CT molecular complexity index is 909. The molecule has 30 heavy (non-hydrogen) atoms. The van der Waals surface area contributed by atoms with Crippen molar-refractivity contribution in [3.63, 3.8) is 0 Å². The second kappa shape index (κ2) is 9.53. The van der Waals surface area contributed by atoms with Gasteiger partial charge in [0.15, 0.2) is 0 Å². The minimum atomic E-state index is -0.442. The van der Waals surface area contributed by atoms with Gasteiger partial charge in [0.2, 0.25) is 0 Å². The zero-order valence-electron chi connectivity index (χ0n) is 16.8. The molecule has 1 aliphatic heterocycles. The summed E-state index contributed by atoms with van der Waals surface area (Å²) >= 11 is 5.89. The summed E-state index contributed by atoms with van der Waals surface area (Å²) in [6.07, 6.45) is 0. The topological polar surface area (TPSA) is 97.2 Å². The predicted octanol–water partition coefficient (Wildman–Crippen LogP) is 3.30. The Kier molecular flexibility index (Phi) is 6.83. The molecule has 0 aliphatic carbocycles. The summed E-state index contributed by atoms with van der Waals surface area (Å²) < 4.78 is 10.5. The van der Waals surface area contributed by atoms with Gasteiger partial charge in [-0.2, -0.15) is 0 Å². The molecule has 160 valence electrons. The first-order chi connectivity index (χ1) is 14.4. The summed E-state index contributed by atoms with van der Waals surface area (Å²) in [5, 5.41) is 14.5. The van der Waals surface area contributed by atoms with E-state index in [1.165, 1.54) is 6.07 Å². The standard InChI is InChI=1S/C20H23ClN4O5/c1-29-16-9-14(10-17(12-16)30-2)13-22-20(26)24-7-5-23(6-8-24)18-4-3-15(21)11-19(18)25(27)28/h3-4,9-12H,5-8,13H2,1-2H3,(H,22,26). The number of carbonyl (C=O) groups excluding carboxylic acids is 1. The van der Waals surface area contributed by atoms with Crippen molar-refractivity contribution >= 4 is 29.0 Å². The smallest absolute Gasteiger partial charge is 0.317 e. The number of urea groups is 1. The molecule has 10 heteroatoms. The second-order valence-electron chi connectivity index (χ2n) is 6.74. The van der Waals surface area contributed by atoms with E-state index in [0.717, 1.165) is 5.56 Å². The number of benzene rings is 2. The minimum absolute atomic E-state index is 0.0348. The van der Waals surface area contributed by atoms with E-state index in [2.05, 4.69) is 5.32 Å². The Morgan fingerprint density at radius 3 is 2.30 bits per heavy atom. The number of piperazine rings is 1. The summed E-state index contributed by atoms with van der Waals surface area (Å²) in [5.74, 6) is 1.30. The molecule has 2 aromatic rings.